The van der Waals surface area contributed by atoms with E-state index in [2.05, 4.69) is 15.5 Å². The number of hydrogen-bond acceptors (Lipinski definition) is 14. The highest BCUT2D eigenvalue weighted by atomic mass is 35.5. The number of azo groups is 1. The van der Waals surface area contributed by atoms with Crippen molar-refractivity contribution in [3.8, 4) is 0 Å². The minimum absolute atomic E-state index is 0.262. The molecule has 0 unspecified atom stereocenters. The number of benzene rings is 3. The van der Waals surface area contributed by atoms with E-state index in [0.717, 1.165) is 10.7 Å². The molecular weight excluding hydrogens is 705 g/mol. The molecular formula is C23H25Cl2N5O10S4. The van der Waals surface area contributed by atoms with E-state index in [9.17, 15) is 13.2 Å². The second-order valence-electron chi connectivity index (χ2n) is 7.71. The van der Waals surface area contributed by atoms with Crippen molar-refractivity contribution in [2.24, 2.45) is 10.2 Å². The summed E-state index contributed by atoms with van der Waals surface area (Å²) >= 11 is 12.7. The van der Waals surface area contributed by atoms with Gasteiger partial charge in [0, 0.05) is 33.2 Å². The monoisotopic (exact) mass is 729 g/mol. The van der Waals surface area contributed by atoms with Crippen LogP contribution >= 0.6 is 35.0 Å². The minimum atomic E-state index is -3.99. The molecule has 0 atom stereocenters. The molecule has 3 rings (SSSR count). The highest BCUT2D eigenvalue weighted by Gasteiger charge is 2.11. The molecule has 44 heavy (non-hydrogen) atoms. The lowest BCUT2D eigenvalue weighted by atomic mass is 10.2. The topological polar surface area (TPSA) is 263 Å². The molecule has 0 fully saturated rings. The number of rotatable bonds is 8. The van der Waals surface area contributed by atoms with E-state index in [-0.39, 0.29) is 18.1 Å². The van der Waals surface area contributed by atoms with Gasteiger partial charge in [0.1, 0.15) is 5.69 Å². The Morgan fingerprint density at radius 1 is 0.886 bits per heavy atom. The molecule has 21 heteroatoms. The molecule has 6 N–H and O–H groups in total. The number of amides is 1. The molecule has 0 aliphatic rings. The number of carbonyl (C=O) groups is 1. The Labute approximate surface area is 269 Å². The van der Waals surface area contributed by atoms with E-state index in [1.165, 1.54) is 18.7 Å². The molecule has 0 heterocycles. The first-order valence-electron chi connectivity index (χ1n) is 11.4. The van der Waals surface area contributed by atoms with Crippen LogP contribution in [-0.4, -0.2) is 55.6 Å². The Kier molecular flexibility index (Phi) is 19.4. The fourth-order valence-electron chi connectivity index (χ4n) is 2.59. The van der Waals surface area contributed by atoms with E-state index in [0.29, 0.717) is 38.4 Å². The molecule has 1 amide bonds. The number of anilines is 3. The first-order chi connectivity index (χ1) is 20.4. The van der Waals surface area contributed by atoms with Crippen molar-refractivity contribution in [2.45, 2.75) is 18.2 Å². The second-order valence-corrected chi connectivity index (χ2v) is 12.1. The third kappa shape index (κ3) is 22.0. The molecule has 3 aromatic rings. The Morgan fingerprint density at radius 2 is 1.36 bits per heavy atom. The van der Waals surface area contributed by atoms with Crippen LogP contribution < -0.4 is 16.8 Å². The maximum atomic E-state index is 11.5. The Balaban J connectivity index is 0.000000939. The van der Waals surface area contributed by atoms with Crippen LogP contribution in [0.2, 0.25) is 10.0 Å². The predicted molar refractivity (Wildman–Crippen MR) is 168 cm³/mol. The van der Waals surface area contributed by atoms with Crippen molar-refractivity contribution < 1.29 is 43.0 Å². The summed E-state index contributed by atoms with van der Waals surface area (Å²) in [6, 6.07) is 17.1. The van der Waals surface area contributed by atoms with E-state index >= 15 is 0 Å². The summed E-state index contributed by atoms with van der Waals surface area (Å²) in [5.74, 6) is -0.180. The second kappa shape index (κ2) is 21.2. The van der Waals surface area contributed by atoms with Gasteiger partial charge in [-0.05, 0) is 72.8 Å². The zero-order valence-electron chi connectivity index (χ0n) is 22.5. The van der Waals surface area contributed by atoms with Crippen LogP contribution in [0, 0.1) is 0 Å². The van der Waals surface area contributed by atoms with E-state index in [1.54, 1.807) is 60.7 Å². The average Bonchev–Trinajstić information content (AvgIpc) is 2.88. The van der Waals surface area contributed by atoms with E-state index in [4.69, 9.17) is 64.5 Å². The standard InChI is InChI=1S/C17H19ClN4O4S2.C6H6ClN.2O3S/c1-11(23)20-15-9-14(19)17(27-7-2-8-28(24,25)26)10-16(15)22-21-13-5-3-12(18)4-6-13;7-5-1-3-6(8)4-2-5;2*1-4(2)3/h3-6,9-10H,2,7-8,19H2,1H3,(H,20,23)(H,24,25,26);1-4H,8H2;;. The molecule has 0 spiro atoms. The SMILES string of the molecule is CC(=O)Nc1cc(N)c(SCCCS(=O)(=O)O)cc1N=Nc1ccc(Cl)cc1.Nc1ccc(Cl)cc1.O=S(=O)=O.O=S(=O)=O. The maximum absolute atomic E-state index is 11.5. The maximum Gasteiger partial charge on any atom is 0.425 e. The highest BCUT2D eigenvalue weighted by molar-refractivity contribution is 7.99. The van der Waals surface area contributed by atoms with Gasteiger partial charge in [-0.15, -0.1) is 42.1 Å². The van der Waals surface area contributed by atoms with Gasteiger partial charge in [0.25, 0.3) is 10.1 Å². The fraction of sp³-hybridized carbons (Fsp3) is 0.174. The van der Waals surface area contributed by atoms with Gasteiger partial charge >= 0.3 is 21.2 Å². The zero-order valence-corrected chi connectivity index (χ0v) is 27.2. The van der Waals surface area contributed by atoms with Gasteiger partial charge in [-0.2, -0.15) is 13.5 Å². The summed E-state index contributed by atoms with van der Waals surface area (Å²) < 4.78 is 81.1. The lowest BCUT2D eigenvalue weighted by Gasteiger charge is -2.11. The van der Waals surface area contributed by atoms with Crippen LogP contribution in [0.25, 0.3) is 0 Å². The number of hydrogen-bond donors (Lipinski definition) is 4. The molecule has 0 aliphatic heterocycles. The van der Waals surface area contributed by atoms with Gasteiger partial charge in [-0.3, -0.25) is 9.35 Å². The van der Waals surface area contributed by atoms with E-state index in [1.807, 2.05) is 0 Å². The van der Waals surface area contributed by atoms with Crippen molar-refractivity contribution in [3.05, 3.63) is 70.7 Å². The third-order valence-electron chi connectivity index (χ3n) is 4.21. The largest absolute Gasteiger partial charge is 0.425 e. The van der Waals surface area contributed by atoms with Crippen molar-refractivity contribution in [3.63, 3.8) is 0 Å². The van der Waals surface area contributed by atoms with Crippen LogP contribution in [0.5, 0.6) is 0 Å². The van der Waals surface area contributed by atoms with Gasteiger partial charge in [-0.25, -0.2) is 0 Å². The summed E-state index contributed by atoms with van der Waals surface area (Å²) in [6.45, 7) is 1.37. The number of thioether (sulfide) groups is 1. The van der Waals surface area contributed by atoms with Gasteiger partial charge in [0.2, 0.25) is 5.91 Å². The molecule has 0 saturated heterocycles. The van der Waals surface area contributed by atoms with Crippen LogP contribution in [0.3, 0.4) is 0 Å². The third-order valence-corrected chi connectivity index (χ3v) is 6.68. The molecule has 240 valence electrons. The molecule has 15 nitrogen and oxygen atoms in total. The zero-order chi connectivity index (χ0) is 33.9. The van der Waals surface area contributed by atoms with Crippen molar-refractivity contribution in [1.82, 2.24) is 0 Å². The number of nitrogens with one attached hydrogen (secondary N) is 1. The average molecular weight is 731 g/mol. The minimum Gasteiger partial charge on any atom is -0.399 e. The molecule has 0 radical (unpaired) electrons. The predicted octanol–water partition coefficient (Wildman–Crippen LogP) is 4.58. The molecule has 0 aromatic heterocycles. The van der Waals surface area contributed by atoms with Gasteiger partial charge in [0.15, 0.2) is 0 Å². The summed E-state index contributed by atoms with van der Waals surface area (Å²) in [7, 11) is -10.2. The number of nitrogens with two attached hydrogens (primary N) is 2. The highest BCUT2D eigenvalue weighted by Crippen LogP contribution is 2.37. The summed E-state index contributed by atoms with van der Waals surface area (Å²) in [5, 5.41) is 12.3. The quantitative estimate of drug-likeness (QED) is 0.0814. The summed E-state index contributed by atoms with van der Waals surface area (Å²) in [4.78, 5) is 12.1. The van der Waals surface area contributed by atoms with Gasteiger partial charge in [0.05, 0.1) is 17.1 Å². The van der Waals surface area contributed by atoms with Crippen molar-refractivity contribution >= 4 is 101 Å². The first kappa shape index (κ1) is 40.4. The fourth-order valence-corrected chi connectivity index (χ4v) is 4.46. The smallest absolute Gasteiger partial charge is 0.399 e. The number of nitrogens with zero attached hydrogens (tertiary/aromatic N) is 2. The molecule has 0 bridgehead atoms. The van der Waals surface area contributed by atoms with E-state index < -0.39 is 31.3 Å². The Bertz CT molecular complexity index is 1680. The van der Waals surface area contributed by atoms with Gasteiger partial charge < -0.3 is 16.8 Å². The van der Waals surface area contributed by atoms with Crippen LogP contribution in [0.15, 0.2) is 75.8 Å². The number of nitrogen functional groups attached to an aromatic ring is 2. The summed E-state index contributed by atoms with van der Waals surface area (Å²) in [6.07, 6.45) is 0.262. The van der Waals surface area contributed by atoms with Crippen LogP contribution in [0.4, 0.5) is 28.4 Å². The first-order valence-corrected chi connectivity index (χ1v) is 16.8. The molecule has 0 saturated carbocycles. The van der Waals surface area contributed by atoms with Crippen LogP contribution in [-0.2, 0) is 36.1 Å². The normalized spacial score (nSPS) is 10.2. The summed E-state index contributed by atoms with van der Waals surface area (Å²) in [5.41, 5.74) is 13.9. The van der Waals surface area contributed by atoms with Crippen LogP contribution in [0.1, 0.15) is 13.3 Å². The molecule has 3 aromatic carbocycles. The van der Waals surface area contributed by atoms with Crippen molar-refractivity contribution in [1.29, 1.82) is 0 Å². The Hall–Kier alpha value is -3.59. The lowest BCUT2D eigenvalue weighted by molar-refractivity contribution is -0.114. The van der Waals surface area contributed by atoms with Crippen molar-refractivity contribution in [2.75, 3.05) is 28.3 Å². The van der Waals surface area contributed by atoms with Gasteiger partial charge in [-0.1, -0.05) is 23.2 Å². The lowest BCUT2D eigenvalue weighted by Crippen LogP contribution is -2.07. The number of halogens is 2. The Morgan fingerprint density at radius 3 is 1.80 bits per heavy atom. The molecule has 0 aliphatic carbocycles. The number of carbonyl (C=O) groups excluding carboxylic acids is 1.